The van der Waals surface area contributed by atoms with E-state index in [9.17, 15) is 4.79 Å². The van der Waals surface area contributed by atoms with Crippen LogP contribution in [0.1, 0.15) is 10.4 Å². The maximum absolute atomic E-state index is 10.8. The molecule has 0 fully saturated rings. The quantitative estimate of drug-likeness (QED) is 0.708. The maximum Gasteiger partial charge on any atom is 0.336 e. The van der Waals surface area contributed by atoms with Crippen LogP contribution in [0.2, 0.25) is 0 Å². The van der Waals surface area contributed by atoms with Crippen molar-refractivity contribution in [3.8, 4) is 0 Å². The number of nitrogens with zero attached hydrogens (tertiary/aromatic N) is 2. The Balaban J connectivity index is 2.83. The molecule has 0 spiro atoms. The van der Waals surface area contributed by atoms with Gasteiger partial charge >= 0.3 is 5.97 Å². The monoisotopic (exact) mass is 174 g/mol. The summed E-state index contributed by atoms with van der Waals surface area (Å²) in [5.74, 6) is -0.958. The van der Waals surface area contributed by atoms with Gasteiger partial charge in [0, 0.05) is 17.8 Å². The van der Waals surface area contributed by atoms with Crippen LogP contribution in [-0.4, -0.2) is 21.0 Å². The fraction of sp³-hybridized carbons (Fsp3) is 0. The van der Waals surface area contributed by atoms with Crippen LogP contribution in [0.25, 0.3) is 11.0 Å². The minimum absolute atomic E-state index is 0.234. The second kappa shape index (κ2) is 2.82. The van der Waals surface area contributed by atoms with E-state index in [0.29, 0.717) is 11.0 Å². The Morgan fingerprint density at radius 2 is 2.00 bits per heavy atom. The average Bonchev–Trinajstić information content (AvgIpc) is 2.17. The minimum Gasteiger partial charge on any atom is -0.478 e. The van der Waals surface area contributed by atoms with Gasteiger partial charge in [-0.25, -0.2) is 14.8 Å². The Hall–Kier alpha value is -1.97. The van der Waals surface area contributed by atoms with Crippen molar-refractivity contribution < 1.29 is 9.90 Å². The number of aromatic carboxylic acids is 1. The van der Waals surface area contributed by atoms with Gasteiger partial charge in [0.25, 0.3) is 0 Å². The van der Waals surface area contributed by atoms with Crippen molar-refractivity contribution in [2.75, 3.05) is 0 Å². The van der Waals surface area contributed by atoms with Gasteiger partial charge in [-0.15, -0.1) is 0 Å². The predicted octanol–water partition coefficient (Wildman–Crippen LogP) is 1.33. The van der Waals surface area contributed by atoms with Crippen molar-refractivity contribution in [2.45, 2.75) is 0 Å². The molecule has 0 atom stereocenters. The third-order valence-corrected chi connectivity index (χ3v) is 1.75. The number of aromatic nitrogens is 2. The molecule has 0 aliphatic carbocycles. The Morgan fingerprint density at radius 3 is 2.77 bits per heavy atom. The summed E-state index contributed by atoms with van der Waals surface area (Å²) < 4.78 is 0. The molecule has 0 aromatic carbocycles. The number of pyridine rings is 2. The van der Waals surface area contributed by atoms with Gasteiger partial charge in [-0.05, 0) is 18.2 Å². The van der Waals surface area contributed by atoms with Crippen molar-refractivity contribution in [3.05, 3.63) is 36.2 Å². The van der Waals surface area contributed by atoms with E-state index in [0.717, 1.165) is 0 Å². The van der Waals surface area contributed by atoms with E-state index in [-0.39, 0.29) is 5.56 Å². The van der Waals surface area contributed by atoms with E-state index >= 15 is 0 Å². The topological polar surface area (TPSA) is 63.1 Å². The van der Waals surface area contributed by atoms with Gasteiger partial charge in [0.1, 0.15) is 0 Å². The van der Waals surface area contributed by atoms with Gasteiger partial charge in [0.2, 0.25) is 0 Å². The van der Waals surface area contributed by atoms with Crippen LogP contribution < -0.4 is 0 Å². The number of rotatable bonds is 1. The third kappa shape index (κ3) is 1.22. The molecule has 0 saturated heterocycles. The lowest BCUT2D eigenvalue weighted by atomic mass is 10.1. The van der Waals surface area contributed by atoms with E-state index < -0.39 is 5.97 Å². The van der Waals surface area contributed by atoms with Gasteiger partial charge in [-0.2, -0.15) is 0 Å². The molecule has 13 heavy (non-hydrogen) atoms. The van der Waals surface area contributed by atoms with Crippen LogP contribution in [0.5, 0.6) is 0 Å². The Bertz CT molecular complexity index is 463. The molecule has 0 aliphatic heterocycles. The molecule has 0 radical (unpaired) electrons. The van der Waals surface area contributed by atoms with Gasteiger partial charge in [-0.3, -0.25) is 0 Å². The molecule has 0 aliphatic rings. The normalized spacial score (nSPS) is 10.2. The summed E-state index contributed by atoms with van der Waals surface area (Å²) in [6, 6.07) is 4.85. The number of hydrogen-bond acceptors (Lipinski definition) is 3. The van der Waals surface area contributed by atoms with Crippen LogP contribution in [0, 0.1) is 0 Å². The van der Waals surface area contributed by atoms with E-state index in [1.807, 2.05) is 0 Å². The third-order valence-electron chi connectivity index (χ3n) is 1.75. The second-order valence-corrected chi connectivity index (χ2v) is 2.54. The van der Waals surface area contributed by atoms with E-state index in [2.05, 4.69) is 9.97 Å². The van der Waals surface area contributed by atoms with E-state index in [4.69, 9.17) is 5.11 Å². The summed E-state index contributed by atoms with van der Waals surface area (Å²) in [4.78, 5) is 18.7. The molecular formula is C9H6N2O2. The van der Waals surface area contributed by atoms with Gasteiger partial charge in [0.05, 0.1) is 5.56 Å². The predicted molar refractivity (Wildman–Crippen MR) is 46.5 cm³/mol. The number of carbonyl (C=O) groups is 1. The zero-order valence-corrected chi connectivity index (χ0v) is 6.64. The lowest BCUT2D eigenvalue weighted by Crippen LogP contribution is -1.98. The van der Waals surface area contributed by atoms with Crippen molar-refractivity contribution in [2.24, 2.45) is 0 Å². The second-order valence-electron chi connectivity index (χ2n) is 2.54. The maximum atomic E-state index is 10.8. The molecule has 0 unspecified atom stereocenters. The summed E-state index contributed by atoms with van der Waals surface area (Å²) in [6.45, 7) is 0. The molecular weight excluding hydrogens is 168 g/mol. The van der Waals surface area contributed by atoms with Crippen LogP contribution in [0.3, 0.4) is 0 Å². The van der Waals surface area contributed by atoms with E-state index in [1.165, 1.54) is 12.3 Å². The Morgan fingerprint density at radius 1 is 1.23 bits per heavy atom. The molecule has 1 N–H and O–H groups in total. The lowest BCUT2D eigenvalue weighted by Gasteiger charge is -1.98. The average molecular weight is 174 g/mol. The smallest absolute Gasteiger partial charge is 0.336 e. The van der Waals surface area contributed by atoms with Gasteiger partial charge in [0.15, 0.2) is 5.65 Å². The van der Waals surface area contributed by atoms with Crippen LogP contribution in [0.4, 0.5) is 0 Å². The van der Waals surface area contributed by atoms with Crippen molar-refractivity contribution in [1.82, 2.24) is 9.97 Å². The molecule has 4 nitrogen and oxygen atoms in total. The molecule has 64 valence electrons. The number of carboxylic acid groups (broad SMARTS) is 1. The summed E-state index contributed by atoms with van der Waals surface area (Å²) in [7, 11) is 0. The summed E-state index contributed by atoms with van der Waals surface area (Å²) in [5.41, 5.74) is 0.695. The van der Waals surface area contributed by atoms with Crippen molar-refractivity contribution in [3.63, 3.8) is 0 Å². The molecule has 2 rings (SSSR count). The lowest BCUT2D eigenvalue weighted by molar-refractivity contribution is 0.0699. The number of fused-ring (bicyclic) bond motifs is 1. The van der Waals surface area contributed by atoms with Crippen molar-refractivity contribution >= 4 is 17.0 Å². The summed E-state index contributed by atoms with van der Waals surface area (Å²) >= 11 is 0. The largest absolute Gasteiger partial charge is 0.478 e. The molecule has 2 heterocycles. The van der Waals surface area contributed by atoms with Crippen LogP contribution in [0.15, 0.2) is 30.6 Å². The Kier molecular flexibility index (Phi) is 1.66. The zero-order valence-electron chi connectivity index (χ0n) is 6.64. The first-order chi connectivity index (χ1) is 6.29. The highest BCUT2D eigenvalue weighted by atomic mass is 16.4. The first-order valence-electron chi connectivity index (χ1n) is 3.72. The molecule has 0 bridgehead atoms. The molecule has 2 aromatic rings. The molecule has 0 amide bonds. The molecule has 4 heteroatoms. The summed E-state index contributed by atoms with van der Waals surface area (Å²) in [6.07, 6.45) is 3.03. The fourth-order valence-corrected chi connectivity index (χ4v) is 1.17. The SMILES string of the molecule is O=C(O)c1ccnc2ncccc12. The first-order valence-corrected chi connectivity index (χ1v) is 3.72. The molecule has 2 aromatic heterocycles. The van der Waals surface area contributed by atoms with Gasteiger partial charge < -0.3 is 5.11 Å². The van der Waals surface area contributed by atoms with Crippen LogP contribution >= 0.6 is 0 Å². The zero-order chi connectivity index (χ0) is 9.26. The highest BCUT2D eigenvalue weighted by molar-refractivity contribution is 6.01. The number of carboxylic acids is 1. The minimum atomic E-state index is -0.958. The van der Waals surface area contributed by atoms with Gasteiger partial charge in [-0.1, -0.05) is 0 Å². The highest BCUT2D eigenvalue weighted by Gasteiger charge is 2.07. The number of hydrogen-bond donors (Lipinski definition) is 1. The fourth-order valence-electron chi connectivity index (χ4n) is 1.17. The standard InChI is InChI=1S/C9H6N2O2/c12-9(13)7-3-5-11-8-6(7)2-1-4-10-8/h1-5H,(H,12,13). The first kappa shape index (κ1) is 7.67. The van der Waals surface area contributed by atoms with Crippen molar-refractivity contribution in [1.29, 1.82) is 0 Å². The molecule has 0 saturated carbocycles. The van der Waals surface area contributed by atoms with Crippen LogP contribution in [-0.2, 0) is 0 Å². The van der Waals surface area contributed by atoms with E-state index in [1.54, 1.807) is 18.3 Å². The highest BCUT2D eigenvalue weighted by Crippen LogP contribution is 2.13. The Labute approximate surface area is 73.9 Å². The summed E-state index contributed by atoms with van der Waals surface area (Å²) in [5, 5.41) is 9.39.